The second-order valence-electron chi connectivity index (χ2n) is 5.13. The fourth-order valence-corrected chi connectivity index (χ4v) is 2.59. The first-order valence-corrected chi connectivity index (χ1v) is 7.85. The van der Waals surface area contributed by atoms with Crippen molar-refractivity contribution in [1.82, 2.24) is 10.3 Å². The van der Waals surface area contributed by atoms with Gasteiger partial charge in [0.1, 0.15) is 10.6 Å². The van der Waals surface area contributed by atoms with E-state index in [1.54, 1.807) is 12.1 Å². The van der Waals surface area contributed by atoms with Gasteiger partial charge in [-0.2, -0.15) is 13.2 Å². The van der Waals surface area contributed by atoms with Crippen molar-refractivity contribution in [3.8, 4) is 0 Å². The summed E-state index contributed by atoms with van der Waals surface area (Å²) < 4.78 is 39.5. The number of hydrogen-bond acceptors (Lipinski definition) is 3. The number of nitrogens with two attached hydrogens (primary N) is 1. The van der Waals surface area contributed by atoms with Crippen LogP contribution in [-0.4, -0.2) is 22.8 Å². The topological polar surface area (TPSA) is 85.1 Å². The molecule has 1 aromatic heterocycles. The number of pyridine rings is 1. The molecule has 0 fully saturated rings. The molecule has 0 saturated heterocycles. The summed E-state index contributed by atoms with van der Waals surface area (Å²) in [6, 6.07) is 6.41. The Hall–Kier alpha value is -2.42. The summed E-state index contributed by atoms with van der Waals surface area (Å²) >= 11 is 3.20. The van der Waals surface area contributed by atoms with Crippen molar-refractivity contribution >= 4 is 27.7 Å². The highest BCUT2D eigenvalue weighted by Gasteiger charge is 2.35. The second kappa shape index (κ2) is 7.64. The molecule has 3 N–H and O–H groups in total. The molecule has 0 radical (unpaired) electrons. The molecule has 0 unspecified atom stereocenters. The van der Waals surface area contributed by atoms with Crippen molar-refractivity contribution in [2.45, 2.75) is 18.6 Å². The Kier molecular flexibility index (Phi) is 5.78. The molecule has 0 saturated carbocycles. The van der Waals surface area contributed by atoms with Crippen molar-refractivity contribution in [2.24, 2.45) is 5.73 Å². The van der Waals surface area contributed by atoms with E-state index in [0.717, 1.165) is 12.1 Å². The van der Waals surface area contributed by atoms with Gasteiger partial charge in [0.15, 0.2) is 0 Å². The second-order valence-corrected chi connectivity index (χ2v) is 5.88. The lowest BCUT2D eigenvalue weighted by Gasteiger charge is -2.18. The Bertz CT molecular complexity index is 796. The van der Waals surface area contributed by atoms with Crippen LogP contribution in [0.5, 0.6) is 0 Å². The zero-order chi connectivity index (χ0) is 18.6. The maximum Gasteiger partial charge on any atom is 0.417 e. The lowest BCUT2D eigenvalue weighted by Crippen LogP contribution is -2.46. The minimum atomic E-state index is -4.69. The molecular formula is C16H13BrF3N3O2. The molecule has 0 aliphatic heterocycles. The minimum absolute atomic E-state index is 0.0102. The van der Waals surface area contributed by atoms with Crippen LogP contribution in [0.1, 0.15) is 21.5 Å². The number of primary amides is 1. The molecule has 2 aromatic rings. The van der Waals surface area contributed by atoms with E-state index in [1.165, 1.54) is 18.3 Å². The van der Waals surface area contributed by atoms with Crippen molar-refractivity contribution < 1.29 is 22.8 Å². The number of rotatable bonds is 5. The summed E-state index contributed by atoms with van der Waals surface area (Å²) in [5.74, 6) is -1.90. The van der Waals surface area contributed by atoms with Gasteiger partial charge in [-0.3, -0.25) is 9.59 Å². The normalized spacial score (nSPS) is 12.5. The number of carbonyl (C=O) groups is 2. The minimum Gasteiger partial charge on any atom is -0.368 e. The van der Waals surface area contributed by atoms with Crippen LogP contribution in [-0.2, 0) is 17.4 Å². The van der Waals surface area contributed by atoms with E-state index in [0.29, 0.717) is 10.2 Å². The number of carbonyl (C=O) groups excluding carboxylic acids is 2. The molecule has 2 amide bonds. The highest BCUT2D eigenvalue weighted by Crippen LogP contribution is 2.31. The van der Waals surface area contributed by atoms with E-state index in [1.807, 2.05) is 0 Å². The number of nitrogens with one attached hydrogen (secondary N) is 1. The van der Waals surface area contributed by atoms with Gasteiger partial charge in [-0.25, -0.2) is 4.98 Å². The lowest BCUT2D eigenvalue weighted by molar-refractivity contribution is -0.137. The van der Waals surface area contributed by atoms with Gasteiger partial charge in [0.2, 0.25) is 5.91 Å². The number of amides is 2. The Morgan fingerprint density at radius 3 is 2.48 bits per heavy atom. The maximum absolute atomic E-state index is 13.0. The zero-order valence-electron chi connectivity index (χ0n) is 12.7. The molecule has 0 aliphatic rings. The molecule has 0 aliphatic carbocycles. The molecule has 0 bridgehead atoms. The number of nitrogens with zero attached hydrogens (tertiary/aromatic N) is 1. The van der Waals surface area contributed by atoms with Gasteiger partial charge in [-0.1, -0.05) is 18.2 Å². The Morgan fingerprint density at radius 1 is 1.20 bits per heavy atom. The predicted molar refractivity (Wildman–Crippen MR) is 87.5 cm³/mol. The molecule has 1 heterocycles. The van der Waals surface area contributed by atoms with E-state index in [-0.39, 0.29) is 6.42 Å². The van der Waals surface area contributed by atoms with Crippen LogP contribution in [0.3, 0.4) is 0 Å². The third-order valence-electron chi connectivity index (χ3n) is 3.39. The SMILES string of the molecule is NC(=O)[C@@H](Cc1cccnc1Br)NC(=O)c1ccccc1C(F)(F)F. The molecule has 25 heavy (non-hydrogen) atoms. The first kappa shape index (κ1) is 18.9. The van der Waals surface area contributed by atoms with Gasteiger partial charge < -0.3 is 11.1 Å². The first-order chi connectivity index (χ1) is 11.7. The number of hydrogen-bond donors (Lipinski definition) is 2. The molecule has 0 spiro atoms. The van der Waals surface area contributed by atoms with E-state index >= 15 is 0 Å². The number of benzene rings is 1. The van der Waals surface area contributed by atoms with Crippen LogP contribution in [0.4, 0.5) is 13.2 Å². The zero-order valence-corrected chi connectivity index (χ0v) is 14.3. The summed E-state index contributed by atoms with van der Waals surface area (Å²) in [4.78, 5) is 27.8. The summed E-state index contributed by atoms with van der Waals surface area (Å²) in [5, 5.41) is 2.26. The summed E-state index contributed by atoms with van der Waals surface area (Å²) in [6.07, 6.45) is -3.18. The summed E-state index contributed by atoms with van der Waals surface area (Å²) in [5.41, 5.74) is 4.19. The number of halogens is 4. The van der Waals surface area contributed by atoms with Crippen molar-refractivity contribution in [2.75, 3.05) is 0 Å². The fourth-order valence-electron chi connectivity index (χ4n) is 2.18. The van der Waals surface area contributed by atoms with Gasteiger partial charge in [-0.05, 0) is 39.7 Å². The molecule has 1 atom stereocenters. The van der Waals surface area contributed by atoms with Crippen molar-refractivity contribution in [3.63, 3.8) is 0 Å². The van der Waals surface area contributed by atoms with Crippen LogP contribution in [0.2, 0.25) is 0 Å². The highest BCUT2D eigenvalue weighted by atomic mass is 79.9. The Balaban J connectivity index is 2.25. The van der Waals surface area contributed by atoms with Gasteiger partial charge in [-0.15, -0.1) is 0 Å². The third kappa shape index (κ3) is 4.79. The highest BCUT2D eigenvalue weighted by molar-refractivity contribution is 9.10. The van der Waals surface area contributed by atoms with Crippen LogP contribution in [0.25, 0.3) is 0 Å². The molecule has 9 heteroatoms. The van der Waals surface area contributed by atoms with Crippen LogP contribution in [0.15, 0.2) is 47.2 Å². The van der Waals surface area contributed by atoms with Gasteiger partial charge in [0, 0.05) is 12.6 Å². The van der Waals surface area contributed by atoms with E-state index in [4.69, 9.17) is 5.73 Å². The molecular weight excluding hydrogens is 403 g/mol. The monoisotopic (exact) mass is 415 g/mol. The summed E-state index contributed by atoms with van der Waals surface area (Å²) in [6.45, 7) is 0. The van der Waals surface area contributed by atoms with Gasteiger partial charge in [0.25, 0.3) is 5.91 Å². The van der Waals surface area contributed by atoms with E-state index in [9.17, 15) is 22.8 Å². The van der Waals surface area contributed by atoms with Crippen molar-refractivity contribution in [3.05, 3.63) is 63.9 Å². The van der Waals surface area contributed by atoms with Crippen LogP contribution in [0, 0.1) is 0 Å². The quantitative estimate of drug-likeness (QED) is 0.736. The van der Waals surface area contributed by atoms with E-state index in [2.05, 4.69) is 26.2 Å². The molecule has 5 nitrogen and oxygen atoms in total. The average molecular weight is 416 g/mol. The van der Waals surface area contributed by atoms with Crippen molar-refractivity contribution in [1.29, 1.82) is 0 Å². The van der Waals surface area contributed by atoms with Gasteiger partial charge in [0.05, 0.1) is 11.1 Å². The van der Waals surface area contributed by atoms with Crippen LogP contribution < -0.4 is 11.1 Å². The Morgan fingerprint density at radius 2 is 1.88 bits per heavy atom. The smallest absolute Gasteiger partial charge is 0.368 e. The van der Waals surface area contributed by atoms with Crippen LogP contribution >= 0.6 is 15.9 Å². The van der Waals surface area contributed by atoms with Gasteiger partial charge >= 0.3 is 6.18 Å². The summed E-state index contributed by atoms with van der Waals surface area (Å²) in [7, 11) is 0. The Labute approximate surface area is 149 Å². The maximum atomic E-state index is 13.0. The largest absolute Gasteiger partial charge is 0.417 e. The fraction of sp³-hybridized carbons (Fsp3) is 0.188. The molecule has 2 rings (SSSR count). The lowest BCUT2D eigenvalue weighted by atomic mass is 10.0. The predicted octanol–water partition coefficient (Wildman–Crippen LogP) is 2.69. The standard InChI is InChI=1S/C16H13BrF3N3O2/c17-13-9(4-3-7-22-13)8-12(14(21)24)23-15(25)10-5-1-2-6-11(10)16(18,19)20/h1-7,12H,8H2,(H2,21,24)(H,23,25)/t12-/m1/s1. The molecule has 1 aromatic carbocycles. The number of alkyl halides is 3. The molecule has 132 valence electrons. The first-order valence-electron chi connectivity index (χ1n) is 7.06. The third-order valence-corrected chi connectivity index (χ3v) is 4.10. The average Bonchev–Trinajstić information content (AvgIpc) is 2.55. The van der Waals surface area contributed by atoms with E-state index < -0.39 is 35.2 Å². The number of aromatic nitrogens is 1.